The molecule has 0 aliphatic heterocycles. The molecule has 0 bridgehead atoms. The van der Waals surface area contributed by atoms with E-state index in [9.17, 15) is 28.1 Å². The van der Waals surface area contributed by atoms with E-state index in [1.807, 2.05) is 6.92 Å². The summed E-state index contributed by atoms with van der Waals surface area (Å²) in [7, 11) is 0. The molecule has 2 N–H and O–H groups in total. The zero-order valence-electron chi connectivity index (χ0n) is 24.2. The second-order valence-corrected chi connectivity index (χ2v) is 11.9. The minimum atomic E-state index is -4.51. The standard InChI is InChI=1S/C30H29F4N9/c1-16-21(6-7-24(31)38-16)27(23-15-43(42-41-23)29(8-9-29)30(32,33)34)40-20-10-18(12-35)25-22(11-20)26(19(13-36)14-37-25)39-17(2)28(3,4)5/h6-7,10-11,14-15,17,27,40H,8-9H2,1-5H3,(H,37,39). The Morgan fingerprint density at radius 1 is 1.05 bits per heavy atom. The average Bonchev–Trinajstić information content (AvgIpc) is 3.62. The number of halogens is 4. The number of rotatable bonds is 7. The molecule has 1 saturated carbocycles. The van der Waals surface area contributed by atoms with E-state index < -0.39 is 23.7 Å². The molecule has 1 fully saturated rings. The van der Waals surface area contributed by atoms with Crippen LogP contribution in [0.4, 0.5) is 28.9 Å². The Morgan fingerprint density at radius 3 is 2.33 bits per heavy atom. The molecule has 0 saturated heterocycles. The normalized spacial score (nSPS) is 15.8. The minimum absolute atomic E-state index is 0.0774. The van der Waals surface area contributed by atoms with Gasteiger partial charge in [-0.05, 0) is 50.3 Å². The van der Waals surface area contributed by atoms with Gasteiger partial charge < -0.3 is 10.6 Å². The molecule has 0 amide bonds. The van der Waals surface area contributed by atoms with Crippen molar-refractivity contribution in [2.75, 3.05) is 10.6 Å². The Hall–Kier alpha value is -4.78. The maximum absolute atomic E-state index is 14.0. The summed E-state index contributed by atoms with van der Waals surface area (Å²) < 4.78 is 56.3. The average molecular weight is 592 g/mol. The lowest BCUT2D eigenvalue weighted by molar-refractivity contribution is -0.182. The number of aromatic nitrogens is 5. The fraction of sp³-hybridized carbons (Fsp3) is 0.400. The van der Waals surface area contributed by atoms with E-state index >= 15 is 0 Å². The summed E-state index contributed by atoms with van der Waals surface area (Å²) in [6, 6.07) is 9.21. The summed E-state index contributed by atoms with van der Waals surface area (Å²) in [5.41, 5.74) is 0.367. The van der Waals surface area contributed by atoms with Crippen LogP contribution < -0.4 is 10.6 Å². The van der Waals surface area contributed by atoms with Crippen LogP contribution in [0.15, 0.2) is 36.7 Å². The SMILES string of the molecule is Cc1nc(F)ccc1C(Nc1cc(C#N)c2ncc(C#N)c(NC(C)C(C)(C)C)c2c1)c1cn(C2(C(F)(F)F)CC2)nn1. The Labute approximate surface area is 245 Å². The lowest BCUT2D eigenvalue weighted by atomic mass is 9.87. The largest absolute Gasteiger partial charge is 0.413 e. The van der Waals surface area contributed by atoms with Crippen molar-refractivity contribution in [3.63, 3.8) is 0 Å². The van der Waals surface area contributed by atoms with E-state index in [-0.39, 0.29) is 41.1 Å². The summed E-state index contributed by atoms with van der Waals surface area (Å²) in [5, 5.41) is 35.0. The third-order valence-electron chi connectivity index (χ3n) is 8.08. The number of aryl methyl sites for hydroxylation is 1. The van der Waals surface area contributed by atoms with E-state index in [4.69, 9.17) is 0 Å². The number of alkyl halides is 3. The third-order valence-corrected chi connectivity index (χ3v) is 8.08. The molecule has 1 aliphatic rings. The predicted molar refractivity (Wildman–Crippen MR) is 151 cm³/mol. The molecule has 43 heavy (non-hydrogen) atoms. The highest BCUT2D eigenvalue weighted by Gasteiger charge is 2.66. The monoisotopic (exact) mass is 591 g/mol. The van der Waals surface area contributed by atoms with Crippen molar-refractivity contribution in [1.29, 1.82) is 10.5 Å². The van der Waals surface area contributed by atoms with Gasteiger partial charge in [0, 0.05) is 34.6 Å². The van der Waals surface area contributed by atoms with Crippen LogP contribution >= 0.6 is 0 Å². The molecule has 4 aromatic rings. The highest BCUT2D eigenvalue weighted by Crippen LogP contribution is 2.55. The molecule has 0 spiro atoms. The Bertz CT molecular complexity index is 1790. The number of benzene rings is 1. The molecule has 2 atom stereocenters. The zero-order chi connectivity index (χ0) is 31.3. The van der Waals surface area contributed by atoms with E-state index in [0.717, 1.165) is 10.7 Å². The van der Waals surface area contributed by atoms with Gasteiger partial charge >= 0.3 is 6.18 Å². The zero-order valence-corrected chi connectivity index (χ0v) is 24.2. The summed E-state index contributed by atoms with van der Waals surface area (Å²) in [4.78, 5) is 8.27. The van der Waals surface area contributed by atoms with Crippen molar-refractivity contribution in [3.8, 4) is 12.1 Å². The lowest BCUT2D eigenvalue weighted by Crippen LogP contribution is -2.35. The van der Waals surface area contributed by atoms with Gasteiger partial charge in [0.2, 0.25) is 5.95 Å². The van der Waals surface area contributed by atoms with Crippen molar-refractivity contribution in [2.45, 2.75) is 71.3 Å². The molecule has 2 unspecified atom stereocenters. The molecule has 1 aromatic carbocycles. The van der Waals surface area contributed by atoms with Crippen LogP contribution in [-0.4, -0.2) is 37.2 Å². The van der Waals surface area contributed by atoms with E-state index in [0.29, 0.717) is 33.5 Å². The number of hydrogen-bond acceptors (Lipinski definition) is 8. The Balaban J connectivity index is 1.65. The van der Waals surface area contributed by atoms with Gasteiger partial charge in [0.1, 0.15) is 17.8 Å². The van der Waals surface area contributed by atoms with Crippen molar-refractivity contribution < 1.29 is 17.6 Å². The van der Waals surface area contributed by atoms with Crippen LogP contribution in [-0.2, 0) is 5.54 Å². The van der Waals surface area contributed by atoms with E-state index in [2.05, 4.69) is 63.8 Å². The first-order valence-corrected chi connectivity index (χ1v) is 13.6. The molecule has 5 rings (SSSR count). The molecule has 3 aromatic heterocycles. The van der Waals surface area contributed by atoms with Crippen LogP contribution in [0.5, 0.6) is 0 Å². The summed E-state index contributed by atoms with van der Waals surface area (Å²) in [5.74, 6) is -0.714. The number of anilines is 2. The van der Waals surface area contributed by atoms with Crippen molar-refractivity contribution in [1.82, 2.24) is 25.0 Å². The molecule has 1 aliphatic carbocycles. The first kappa shape index (κ1) is 29.7. The Kier molecular flexibility index (Phi) is 7.25. The lowest BCUT2D eigenvalue weighted by Gasteiger charge is -2.30. The summed E-state index contributed by atoms with van der Waals surface area (Å²) in [6.45, 7) is 9.72. The molecule has 0 radical (unpaired) electrons. The fourth-order valence-electron chi connectivity index (χ4n) is 4.85. The maximum Gasteiger partial charge on any atom is 0.413 e. The maximum atomic E-state index is 14.0. The van der Waals surface area contributed by atoms with Crippen LogP contribution in [0.1, 0.15) is 74.7 Å². The molecule has 3 heterocycles. The first-order chi connectivity index (χ1) is 20.2. The first-order valence-electron chi connectivity index (χ1n) is 13.6. The molecule has 9 nitrogen and oxygen atoms in total. The van der Waals surface area contributed by atoms with Gasteiger partial charge in [-0.3, -0.25) is 4.98 Å². The van der Waals surface area contributed by atoms with Crippen LogP contribution in [0.2, 0.25) is 0 Å². The summed E-state index contributed by atoms with van der Waals surface area (Å²) in [6.07, 6.45) is -2.08. The van der Waals surface area contributed by atoms with Crippen molar-refractivity contribution in [3.05, 3.63) is 70.7 Å². The highest BCUT2D eigenvalue weighted by molar-refractivity contribution is 5.99. The van der Waals surface area contributed by atoms with Crippen molar-refractivity contribution in [2.24, 2.45) is 5.41 Å². The number of hydrogen-bond donors (Lipinski definition) is 2. The molecular weight excluding hydrogens is 562 g/mol. The Morgan fingerprint density at radius 2 is 1.74 bits per heavy atom. The van der Waals surface area contributed by atoms with Gasteiger partial charge in [-0.15, -0.1) is 5.10 Å². The molecule has 222 valence electrons. The van der Waals surface area contributed by atoms with E-state index in [1.165, 1.54) is 18.5 Å². The number of nitrogens with zero attached hydrogens (tertiary/aromatic N) is 7. The number of nitrogens with one attached hydrogen (secondary N) is 2. The smallest absolute Gasteiger partial charge is 0.380 e. The second-order valence-electron chi connectivity index (χ2n) is 11.9. The topological polar surface area (TPSA) is 128 Å². The quantitative estimate of drug-likeness (QED) is 0.184. The molecular formula is C30H29F4N9. The summed E-state index contributed by atoms with van der Waals surface area (Å²) >= 11 is 0. The third kappa shape index (κ3) is 5.43. The second kappa shape index (κ2) is 10.5. The van der Waals surface area contributed by atoms with E-state index in [1.54, 1.807) is 19.1 Å². The number of pyridine rings is 2. The van der Waals surface area contributed by atoms with Gasteiger partial charge in [0.05, 0.1) is 34.6 Å². The fourth-order valence-corrected chi connectivity index (χ4v) is 4.85. The van der Waals surface area contributed by atoms with Gasteiger partial charge in [-0.25, -0.2) is 9.67 Å². The number of fused-ring (bicyclic) bond motifs is 1. The minimum Gasteiger partial charge on any atom is -0.380 e. The van der Waals surface area contributed by atoms with Gasteiger partial charge in [0.15, 0.2) is 5.54 Å². The number of nitriles is 2. The van der Waals surface area contributed by atoms with Gasteiger partial charge in [-0.2, -0.15) is 28.1 Å². The van der Waals surface area contributed by atoms with Gasteiger partial charge in [-0.1, -0.05) is 32.1 Å². The van der Waals surface area contributed by atoms with Crippen LogP contribution in [0.25, 0.3) is 10.9 Å². The van der Waals surface area contributed by atoms with Crippen molar-refractivity contribution >= 4 is 22.3 Å². The van der Waals surface area contributed by atoms with Gasteiger partial charge in [0.25, 0.3) is 0 Å². The van der Waals surface area contributed by atoms with Crippen LogP contribution in [0, 0.1) is 40.9 Å². The predicted octanol–water partition coefficient (Wildman–Crippen LogP) is 6.51. The van der Waals surface area contributed by atoms with Crippen LogP contribution in [0.3, 0.4) is 0 Å². The molecule has 13 heteroatoms. The highest BCUT2D eigenvalue weighted by atomic mass is 19.4.